The second-order valence-corrected chi connectivity index (χ2v) is 8.59. The minimum absolute atomic E-state index is 0.484. The molecule has 4 nitrogen and oxygen atoms in total. The monoisotopic (exact) mass is 475 g/mol. The highest BCUT2D eigenvalue weighted by Crippen LogP contribution is 2.30. The van der Waals surface area contributed by atoms with E-state index in [1.54, 1.807) is 17.8 Å². The molecule has 0 radical (unpaired) electrons. The molecule has 0 atom stereocenters. The molecule has 0 amide bonds. The van der Waals surface area contributed by atoms with E-state index >= 15 is 0 Å². The Balaban J connectivity index is 1.57. The molecule has 152 valence electrons. The fraction of sp³-hybridized carbons (Fsp3) is 0.0909. The molecule has 0 N–H and O–H groups in total. The highest BCUT2D eigenvalue weighted by atomic mass is 35.5. The summed E-state index contributed by atoms with van der Waals surface area (Å²) in [6.07, 6.45) is 0. The zero-order valence-electron chi connectivity index (χ0n) is 15.6. The van der Waals surface area contributed by atoms with Gasteiger partial charge in [-0.25, -0.2) is 0 Å². The van der Waals surface area contributed by atoms with Crippen LogP contribution in [0.5, 0.6) is 5.75 Å². The summed E-state index contributed by atoms with van der Waals surface area (Å²) in [6, 6.07) is 22.5. The van der Waals surface area contributed by atoms with Crippen LogP contribution in [0.25, 0.3) is 17.1 Å². The van der Waals surface area contributed by atoms with Gasteiger partial charge in [-0.1, -0.05) is 58.7 Å². The van der Waals surface area contributed by atoms with Crippen LogP contribution >= 0.6 is 46.6 Å². The third kappa shape index (κ3) is 4.93. The fourth-order valence-corrected chi connectivity index (χ4v) is 4.03. The Labute approximate surface area is 193 Å². The molecule has 4 rings (SSSR count). The third-order valence-corrected chi connectivity index (χ3v) is 5.94. The summed E-state index contributed by atoms with van der Waals surface area (Å²) in [5.74, 6) is 2.07. The second kappa shape index (κ2) is 9.75. The van der Waals surface area contributed by atoms with Crippen LogP contribution in [0.15, 0.2) is 78.0 Å². The van der Waals surface area contributed by atoms with E-state index in [0.717, 1.165) is 22.2 Å². The van der Waals surface area contributed by atoms with Crippen molar-refractivity contribution in [2.24, 2.45) is 0 Å². The largest absolute Gasteiger partial charge is 0.491 e. The van der Waals surface area contributed by atoms with Gasteiger partial charge in [-0.05, 0) is 60.7 Å². The molecule has 0 spiro atoms. The van der Waals surface area contributed by atoms with Gasteiger partial charge in [0.15, 0.2) is 11.0 Å². The smallest absolute Gasteiger partial charge is 0.196 e. The minimum Gasteiger partial charge on any atom is -0.491 e. The Bertz CT molecular complexity index is 1130. The molecule has 4 aromatic rings. The number of nitrogens with zero attached hydrogens (tertiary/aromatic N) is 3. The highest BCUT2D eigenvalue weighted by molar-refractivity contribution is 7.99. The lowest BCUT2D eigenvalue weighted by Gasteiger charge is -2.11. The third-order valence-electron chi connectivity index (χ3n) is 4.23. The van der Waals surface area contributed by atoms with Crippen LogP contribution in [-0.2, 0) is 0 Å². The number of para-hydroxylation sites is 1. The Morgan fingerprint density at radius 2 is 1.47 bits per heavy atom. The number of aromatic nitrogens is 3. The van der Waals surface area contributed by atoms with E-state index in [1.807, 2.05) is 71.3 Å². The Morgan fingerprint density at radius 3 is 2.17 bits per heavy atom. The van der Waals surface area contributed by atoms with Crippen LogP contribution in [0.1, 0.15) is 0 Å². The quantitative estimate of drug-likeness (QED) is 0.211. The standard InChI is InChI=1S/C22H16Cl3N3OS/c23-16-7-5-15(6-8-16)21-26-27-22(28(21)18-11-9-17(24)10-12-18)30-14-13-29-20-4-2-1-3-19(20)25/h1-12H,13-14H2. The van der Waals surface area contributed by atoms with Gasteiger partial charge in [0.25, 0.3) is 0 Å². The SMILES string of the molecule is Clc1ccc(-c2nnc(SCCOc3ccccc3Cl)n2-c2ccc(Cl)cc2)cc1. The Morgan fingerprint density at radius 1 is 0.800 bits per heavy atom. The van der Waals surface area contributed by atoms with Crippen molar-refractivity contribution in [1.29, 1.82) is 0 Å². The molecule has 1 heterocycles. The van der Waals surface area contributed by atoms with Crippen molar-refractivity contribution in [2.45, 2.75) is 5.16 Å². The molecule has 0 fully saturated rings. The zero-order valence-corrected chi connectivity index (χ0v) is 18.7. The van der Waals surface area contributed by atoms with Crippen molar-refractivity contribution in [3.63, 3.8) is 0 Å². The van der Waals surface area contributed by atoms with Gasteiger partial charge >= 0.3 is 0 Å². The van der Waals surface area contributed by atoms with Gasteiger partial charge in [-0.15, -0.1) is 10.2 Å². The van der Waals surface area contributed by atoms with Crippen molar-refractivity contribution in [3.8, 4) is 22.8 Å². The van der Waals surface area contributed by atoms with Crippen molar-refractivity contribution >= 4 is 46.6 Å². The molecule has 1 aromatic heterocycles. The van der Waals surface area contributed by atoms with E-state index in [2.05, 4.69) is 10.2 Å². The molecule has 0 saturated carbocycles. The lowest BCUT2D eigenvalue weighted by molar-refractivity contribution is 0.344. The number of rotatable bonds is 7. The first-order valence-corrected chi connectivity index (χ1v) is 11.2. The highest BCUT2D eigenvalue weighted by Gasteiger charge is 2.16. The summed E-state index contributed by atoms with van der Waals surface area (Å²) >= 11 is 19.8. The molecule has 0 aliphatic carbocycles. The van der Waals surface area contributed by atoms with E-state index in [9.17, 15) is 0 Å². The summed E-state index contributed by atoms with van der Waals surface area (Å²) in [5, 5.41) is 11.5. The molecular formula is C22H16Cl3N3OS. The van der Waals surface area contributed by atoms with Gasteiger partial charge in [-0.2, -0.15) is 0 Å². The van der Waals surface area contributed by atoms with Gasteiger partial charge < -0.3 is 4.74 Å². The molecule has 30 heavy (non-hydrogen) atoms. The number of hydrogen-bond acceptors (Lipinski definition) is 4. The second-order valence-electron chi connectivity index (χ2n) is 6.25. The van der Waals surface area contributed by atoms with E-state index in [-0.39, 0.29) is 0 Å². The van der Waals surface area contributed by atoms with E-state index in [4.69, 9.17) is 39.5 Å². The summed E-state index contributed by atoms with van der Waals surface area (Å²) < 4.78 is 7.78. The lowest BCUT2D eigenvalue weighted by Crippen LogP contribution is -2.03. The van der Waals surface area contributed by atoms with Gasteiger partial charge in [0.05, 0.1) is 11.6 Å². The number of benzene rings is 3. The van der Waals surface area contributed by atoms with Gasteiger partial charge in [0.1, 0.15) is 5.75 Å². The normalized spacial score (nSPS) is 10.9. The van der Waals surface area contributed by atoms with E-state index in [0.29, 0.717) is 33.2 Å². The van der Waals surface area contributed by atoms with Gasteiger partial charge in [-0.3, -0.25) is 4.57 Å². The first kappa shape index (κ1) is 21.1. The first-order valence-electron chi connectivity index (χ1n) is 9.09. The maximum atomic E-state index is 6.14. The summed E-state index contributed by atoms with van der Waals surface area (Å²) in [5.41, 5.74) is 1.84. The summed E-state index contributed by atoms with van der Waals surface area (Å²) in [4.78, 5) is 0. The van der Waals surface area contributed by atoms with Crippen molar-refractivity contribution < 1.29 is 4.74 Å². The molecule has 3 aromatic carbocycles. The Hall–Kier alpha value is -2.18. The predicted octanol–water partition coefficient (Wildman–Crippen LogP) is 7.07. The molecule has 0 aliphatic rings. The van der Waals surface area contributed by atoms with Crippen LogP contribution in [-0.4, -0.2) is 27.1 Å². The number of halogens is 3. The van der Waals surface area contributed by atoms with Crippen LogP contribution < -0.4 is 4.74 Å². The number of hydrogen-bond donors (Lipinski definition) is 0. The average Bonchev–Trinajstić information content (AvgIpc) is 3.17. The van der Waals surface area contributed by atoms with Crippen molar-refractivity contribution in [1.82, 2.24) is 14.8 Å². The van der Waals surface area contributed by atoms with Gasteiger partial charge in [0, 0.05) is 27.0 Å². The maximum absolute atomic E-state index is 6.14. The average molecular weight is 477 g/mol. The van der Waals surface area contributed by atoms with Crippen LogP contribution in [0.3, 0.4) is 0 Å². The van der Waals surface area contributed by atoms with Crippen LogP contribution in [0, 0.1) is 0 Å². The molecule has 8 heteroatoms. The topological polar surface area (TPSA) is 39.9 Å². The van der Waals surface area contributed by atoms with Crippen molar-refractivity contribution in [3.05, 3.63) is 87.9 Å². The van der Waals surface area contributed by atoms with Crippen molar-refractivity contribution in [2.75, 3.05) is 12.4 Å². The first-order chi connectivity index (χ1) is 14.6. The lowest BCUT2D eigenvalue weighted by atomic mass is 10.2. The minimum atomic E-state index is 0.484. The van der Waals surface area contributed by atoms with Crippen LogP contribution in [0.2, 0.25) is 15.1 Å². The number of thioether (sulfide) groups is 1. The Kier molecular flexibility index (Phi) is 6.85. The summed E-state index contributed by atoms with van der Waals surface area (Å²) in [6.45, 7) is 0.484. The molecule has 0 saturated heterocycles. The predicted molar refractivity (Wildman–Crippen MR) is 124 cm³/mol. The summed E-state index contributed by atoms with van der Waals surface area (Å²) in [7, 11) is 0. The molecule has 0 bridgehead atoms. The molecule has 0 aliphatic heterocycles. The van der Waals surface area contributed by atoms with E-state index in [1.165, 1.54) is 0 Å². The van der Waals surface area contributed by atoms with Crippen LogP contribution in [0.4, 0.5) is 0 Å². The molecular weight excluding hydrogens is 461 g/mol. The number of ether oxygens (including phenoxy) is 1. The zero-order chi connectivity index (χ0) is 20.9. The maximum Gasteiger partial charge on any atom is 0.196 e. The fourth-order valence-electron chi connectivity index (χ4n) is 2.82. The van der Waals surface area contributed by atoms with E-state index < -0.39 is 0 Å². The van der Waals surface area contributed by atoms with Gasteiger partial charge in [0.2, 0.25) is 0 Å². The molecule has 0 unspecified atom stereocenters.